The first-order valence-electron chi connectivity index (χ1n) is 6.79. The molecule has 1 rings (SSSR count). The zero-order valence-corrected chi connectivity index (χ0v) is 13.0. The number of thiophene rings is 1. The highest BCUT2D eigenvalue weighted by Crippen LogP contribution is 2.15. The van der Waals surface area contributed by atoms with Gasteiger partial charge in [0.15, 0.2) is 0 Å². The molecule has 0 unspecified atom stereocenters. The first-order chi connectivity index (χ1) is 10.0. The Labute approximate surface area is 128 Å². The largest absolute Gasteiger partial charge is 0.395 e. The molecule has 3 N–H and O–H groups in total. The third-order valence-electron chi connectivity index (χ3n) is 2.42. The molecule has 114 valence electrons. The molecule has 0 aromatic carbocycles. The first-order valence-corrected chi connectivity index (χ1v) is 7.67. The molecule has 0 aliphatic rings. The zero-order valence-electron chi connectivity index (χ0n) is 12.2. The lowest BCUT2D eigenvalue weighted by Crippen LogP contribution is -2.34. The molecular weight excluding hydrogens is 288 g/mol. The summed E-state index contributed by atoms with van der Waals surface area (Å²) in [6.07, 6.45) is 0.632. The summed E-state index contributed by atoms with van der Waals surface area (Å²) < 4.78 is 0. The number of carbonyl (C=O) groups excluding carboxylic acids is 2. The summed E-state index contributed by atoms with van der Waals surface area (Å²) in [6, 6.07) is 1.87. The molecule has 0 bridgehead atoms. The lowest BCUT2D eigenvalue weighted by atomic mass is 10.2. The molecule has 1 aromatic heterocycles. The molecule has 0 saturated carbocycles. The van der Waals surface area contributed by atoms with E-state index in [9.17, 15) is 9.59 Å². The highest BCUT2D eigenvalue weighted by molar-refractivity contribution is 7.12. The molecule has 0 saturated heterocycles. The second-order valence-corrected chi connectivity index (χ2v) is 5.58. The van der Waals surface area contributed by atoms with E-state index in [1.807, 2.05) is 13.8 Å². The van der Waals surface area contributed by atoms with Gasteiger partial charge in [-0.3, -0.25) is 9.59 Å². The third-order valence-corrected chi connectivity index (χ3v) is 3.33. The van der Waals surface area contributed by atoms with Crippen molar-refractivity contribution in [1.82, 2.24) is 10.6 Å². The average Bonchev–Trinajstić information content (AvgIpc) is 2.86. The summed E-state index contributed by atoms with van der Waals surface area (Å²) in [5.41, 5.74) is 0.651. The van der Waals surface area contributed by atoms with E-state index in [4.69, 9.17) is 5.11 Å². The van der Waals surface area contributed by atoms with Crippen molar-refractivity contribution in [3.8, 4) is 11.8 Å². The Morgan fingerprint density at radius 2 is 2.19 bits per heavy atom. The number of carbonyl (C=O) groups is 2. The van der Waals surface area contributed by atoms with Gasteiger partial charge in [-0.25, -0.2) is 0 Å². The van der Waals surface area contributed by atoms with Gasteiger partial charge in [-0.15, -0.1) is 11.3 Å². The lowest BCUT2D eigenvalue weighted by molar-refractivity contribution is -0.121. The van der Waals surface area contributed by atoms with Crippen LogP contribution < -0.4 is 10.6 Å². The van der Waals surface area contributed by atoms with Crippen LogP contribution in [0.25, 0.3) is 0 Å². The third kappa shape index (κ3) is 6.43. The van der Waals surface area contributed by atoms with Crippen LogP contribution in [0.15, 0.2) is 11.4 Å². The second kappa shape index (κ2) is 9.16. The predicted octanol–water partition coefficient (Wildman–Crippen LogP) is 1.13. The summed E-state index contributed by atoms with van der Waals surface area (Å²) in [6.45, 7) is 4.07. The van der Waals surface area contributed by atoms with E-state index in [1.54, 1.807) is 11.4 Å². The van der Waals surface area contributed by atoms with Gasteiger partial charge in [0.05, 0.1) is 6.61 Å². The fraction of sp³-hybridized carbons (Fsp3) is 0.467. The van der Waals surface area contributed by atoms with Gasteiger partial charge in [0, 0.05) is 31.0 Å². The average molecular weight is 308 g/mol. The van der Waals surface area contributed by atoms with Crippen molar-refractivity contribution in [2.24, 2.45) is 0 Å². The van der Waals surface area contributed by atoms with Crippen LogP contribution in [0.2, 0.25) is 0 Å². The SMILES string of the molecule is CC(C)NC(=O)CCNC(=O)c1sccc1C#CCCO. The molecule has 0 aliphatic carbocycles. The van der Waals surface area contributed by atoms with Gasteiger partial charge >= 0.3 is 0 Å². The molecule has 1 heterocycles. The number of amides is 2. The van der Waals surface area contributed by atoms with Crippen LogP contribution >= 0.6 is 11.3 Å². The number of hydrogen-bond donors (Lipinski definition) is 3. The Bertz CT molecular complexity index is 541. The van der Waals surface area contributed by atoms with Gasteiger partial charge in [0.25, 0.3) is 5.91 Å². The number of nitrogens with one attached hydrogen (secondary N) is 2. The van der Waals surface area contributed by atoms with Crippen LogP contribution in [-0.2, 0) is 4.79 Å². The summed E-state index contributed by atoms with van der Waals surface area (Å²) in [5, 5.41) is 16.0. The minimum Gasteiger partial charge on any atom is -0.395 e. The van der Waals surface area contributed by atoms with Gasteiger partial charge in [-0.1, -0.05) is 11.8 Å². The molecular formula is C15H20N2O3S. The molecule has 0 radical (unpaired) electrons. The highest BCUT2D eigenvalue weighted by Gasteiger charge is 2.12. The van der Waals surface area contributed by atoms with E-state index in [2.05, 4.69) is 22.5 Å². The predicted molar refractivity (Wildman–Crippen MR) is 83.1 cm³/mol. The molecule has 5 nitrogen and oxygen atoms in total. The highest BCUT2D eigenvalue weighted by atomic mass is 32.1. The van der Waals surface area contributed by atoms with Crippen LogP contribution in [0.3, 0.4) is 0 Å². The quantitative estimate of drug-likeness (QED) is 0.689. The topological polar surface area (TPSA) is 78.4 Å². The minimum absolute atomic E-state index is 0.00360. The van der Waals surface area contributed by atoms with Crippen LogP contribution in [0, 0.1) is 11.8 Å². The lowest BCUT2D eigenvalue weighted by Gasteiger charge is -2.08. The molecule has 0 spiro atoms. The van der Waals surface area contributed by atoms with Gasteiger partial charge in [0.1, 0.15) is 4.88 Å². The fourth-order valence-electron chi connectivity index (χ4n) is 1.56. The standard InChI is InChI=1S/C15H20N2O3S/c1-11(2)17-13(19)6-8-16-15(20)14-12(7-10-21-14)5-3-4-9-18/h7,10-11,18H,4,6,8-9H2,1-2H3,(H,16,20)(H,17,19). The van der Waals surface area contributed by atoms with Gasteiger partial charge in [-0.05, 0) is 25.3 Å². The van der Waals surface area contributed by atoms with Crippen LogP contribution in [0.4, 0.5) is 0 Å². The Morgan fingerprint density at radius 1 is 1.43 bits per heavy atom. The number of aliphatic hydroxyl groups excluding tert-OH is 1. The molecule has 1 aromatic rings. The van der Waals surface area contributed by atoms with E-state index < -0.39 is 0 Å². The summed E-state index contributed by atoms with van der Waals surface area (Å²) in [7, 11) is 0. The van der Waals surface area contributed by atoms with Crippen LogP contribution in [0.5, 0.6) is 0 Å². The zero-order chi connectivity index (χ0) is 15.7. The van der Waals surface area contributed by atoms with E-state index in [0.717, 1.165) is 0 Å². The fourth-order valence-corrected chi connectivity index (χ4v) is 2.33. The van der Waals surface area contributed by atoms with E-state index >= 15 is 0 Å². The van der Waals surface area contributed by atoms with Crippen molar-refractivity contribution in [2.45, 2.75) is 32.7 Å². The Hall–Kier alpha value is -1.84. The smallest absolute Gasteiger partial charge is 0.262 e. The van der Waals surface area contributed by atoms with Crippen molar-refractivity contribution >= 4 is 23.2 Å². The van der Waals surface area contributed by atoms with E-state index in [0.29, 0.717) is 23.4 Å². The maximum absolute atomic E-state index is 12.0. The number of rotatable bonds is 6. The van der Waals surface area contributed by atoms with Crippen LogP contribution in [-0.4, -0.2) is 36.1 Å². The summed E-state index contributed by atoms with van der Waals surface area (Å²) in [4.78, 5) is 24.0. The van der Waals surface area contributed by atoms with Crippen molar-refractivity contribution < 1.29 is 14.7 Å². The normalized spacial score (nSPS) is 9.90. The Kier molecular flexibility index (Phi) is 7.51. The maximum atomic E-state index is 12.0. The number of hydrogen-bond acceptors (Lipinski definition) is 4. The van der Waals surface area contributed by atoms with E-state index in [1.165, 1.54) is 11.3 Å². The van der Waals surface area contributed by atoms with E-state index in [-0.39, 0.29) is 30.9 Å². The summed E-state index contributed by atoms with van der Waals surface area (Å²) in [5.74, 6) is 5.34. The van der Waals surface area contributed by atoms with Crippen molar-refractivity contribution in [3.63, 3.8) is 0 Å². The number of aliphatic hydroxyl groups is 1. The van der Waals surface area contributed by atoms with Crippen molar-refractivity contribution in [2.75, 3.05) is 13.2 Å². The van der Waals surface area contributed by atoms with Gasteiger partial charge < -0.3 is 15.7 Å². The maximum Gasteiger partial charge on any atom is 0.262 e. The monoisotopic (exact) mass is 308 g/mol. The van der Waals surface area contributed by atoms with Crippen LogP contribution in [0.1, 0.15) is 41.9 Å². The van der Waals surface area contributed by atoms with Crippen molar-refractivity contribution in [1.29, 1.82) is 0 Å². The van der Waals surface area contributed by atoms with Crippen molar-refractivity contribution in [3.05, 3.63) is 21.9 Å². The molecule has 21 heavy (non-hydrogen) atoms. The first kappa shape index (κ1) is 17.2. The molecule has 0 aliphatic heterocycles. The molecule has 2 amide bonds. The summed E-state index contributed by atoms with van der Waals surface area (Å²) >= 11 is 1.31. The molecule has 0 fully saturated rings. The Morgan fingerprint density at radius 3 is 2.86 bits per heavy atom. The van der Waals surface area contributed by atoms with Gasteiger partial charge in [-0.2, -0.15) is 0 Å². The Balaban J connectivity index is 2.48. The second-order valence-electron chi connectivity index (χ2n) is 4.67. The molecule has 0 atom stereocenters. The molecule has 6 heteroatoms. The minimum atomic E-state index is -0.226. The van der Waals surface area contributed by atoms with Gasteiger partial charge in [0.2, 0.25) is 5.91 Å².